The van der Waals surface area contributed by atoms with Crippen molar-refractivity contribution in [2.24, 2.45) is 0 Å². The second kappa shape index (κ2) is 8.00. The van der Waals surface area contributed by atoms with E-state index in [2.05, 4.69) is 11.3 Å². The summed E-state index contributed by atoms with van der Waals surface area (Å²) in [4.78, 5) is 0.179. The molecule has 0 saturated heterocycles. The summed E-state index contributed by atoms with van der Waals surface area (Å²) in [6, 6.07) is 6.59. The molecule has 0 heterocycles. The van der Waals surface area contributed by atoms with Gasteiger partial charge < -0.3 is 13.3 Å². The summed E-state index contributed by atoms with van der Waals surface area (Å²) >= 11 is 0. The maximum absolute atomic E-state index is 12.5. The van der Waals surface area contributed by atoms with Crippen LogP contribution in [-0.4, -0.2) is 44.2 Å². The van der Waals surface area contributed by atoms with Crippen molar-refractivity contribution in [1.29, 1.82) is 0 Å². The van der Waals surface area contributed by atoms with E-state index in [0.29, 0.717) is 6.42 Å². The van der Waals surface area contributed by atoms with Crippen LogP contribution in [0.4, 0.5) is 0 Å². The van der Waals surface area contributed by atoms with Crippen LogP contribution in [0.3, 0.4) is 0 Å². The maximum Gasteiger partial charge on any atom is 0.519 e. The SMILES string of the molecule is C=CCC(NS(=O)(=O)c1ccc(C)cc1)[Si](OC)(OC)OC. The van der Waals surface area contributed by atoms with Gasteiger partial charge in [0.25, 0.3) is 0 Å². The zero-order valence-electron chi connectivity index (χ0n) is 13.3. The minimum absolute atomic E-state index is 0.179. The Balaban J connectivity index is 3.13. The van der Waals surface area contributed by atoms with Crippen molar-refractivity contribution < 1.29 is 21.7 Å². The van der Waals surface area contributed by atoms with Crippen molar-refractivity contribution in [3.8, 4) is 0 Å². The van der Waals surface area contributed by atoms with Gasteiger partial charge in [-0.05, 0) is 25.5 Å². The first kappa shape index (κ1) is 19.0. The largest absolute Gasteiger partial charge is 0.519 e. The quantitative estimate of drug-likeness (QED) is 0.544. The van der Waals surface area contributed by atoms with Gasteiger partial charge >= 0.3 is 8.80 Å². The number of sulfonamides is 1. The van der Waals surface area contributed by atoms with Gasteiger partial charge in [0.05, 0.1) is 10.6 Å². The average Bonchev–Trinajstić information content (AvgIpc) is 2.50. The minimum atomic E-state index is -3.71. The van der Waals surface area contributed by atoms with Crippen LogP contribution in [-0.2, 0) is 23.3 Å². The first-order chi connectivity index (χ1) is 10.3. The second-order valence-electron chi connectivity index (χ2n) is 4.73. The lowest BCUT2D eigenvalue weighted by Gasteiger charge is -2.32. The third kappa shape index (κ3) is 4.25. The molecule has 1 rings (SSSR count). The summed E-state index contributed by atoms with van der Waals surface area (Å²) in [5, 5.41) is 0. The van der Waals surface area contributed by atoms with Crippen LogP contribution in [0, 0.1) is 6.92 Å². The fourth-order valence-electron chi connectivity index (χ4n) is 2.08. The van der Waals surface area contributed by atoms with Crippen molar-refractivity contribution in [2.45, 2.75) is 23.9 Å². The second-order valence-corrected chi connectivity index (χ2v) is 9.57. The van der Waals surface area contributed by atoms with Crippen LogP contribution in [0.15, 0.2) is 41.8 Å². The molecule has 0 amide bonds. The molecule has 8 heteroatoms. The molecular formula is C14H23NO5SSi. The zero-order chi connectivity index (χ0) is 16.8. The molecule has 22 heavy (non-hydrogen) atoms. The fraction of sp³-hybridized carbons (Fsp3) is 0.429. The van der Waals surface area contributed by atoms with Crippen molar-refractivity contribution in [2.75, 3.05) is 21.3 Å². The highest BCUT2D eigenvalue weighted by Crippen LogP contribution is 2.19. The van der Waals surface area contributed by atoms with E-state index in [0.717, 1.165) is 5.56 Å². The Kier molecular flexibility index (Phi) is 6.91. The zero-order valence-corrected chi connectivity index (χ0v) is 15.1. The Hall–Kier alpha value is -1.03. The topological polar surface area (TPSA) is 73.9 Å². The summed E-state index contributed by atoms with van der Waals surface area (Å²) < 4.78 is 43.8. The van der Waals surface area contributed by atoms with E-state index in [4.69, 9.17) is 13.3 Å². The highest BCUT2D eigenvalue weighted by Gasteiger charge is 2.48. The summed E-state index contributed by atoms with van der Waals surface area (Å²) in [6.45, 7) is 5.54. The van der Waals surface area contributed by atoms with Gasteiger partial charge in [0, 0.05) is 21.3 Å². The molecule has 1 atom stereocenters. The molecular weight excluding hydrogens is 322 g/mol. The van der Waals surface area contributed by atoms with Gasteiger partial charge in [-0.15, -0.1) is 6.58 Å². The third-order valence-corrected chi connectivity index (χ3v) is 7.95. The molecule has 1 unspecified atom stereocenters. The molecule has 1 aromatic rings. The predicted octanol–water partition coefficient (Wildman–Crippen LogP) is 1.64. The molecule has 0 aliphatic rings. The van der Waals surface area contributed by atoms with Gasteiger partial charge in [0.15, 0.2) is 0 Å². The predicted molar refractivity (Wildman–Crippen MR) is 86.9 cm³/mol. The Morgan fingerprint density at radius 3 is 2.09 bits per heavy atom. The molecule has 1 aromatic carbocycles. The summed E-state index contributed by atoms with van der Waals surface area (Å²) in [6.07, 6.45) is 1.92. The molecule has 0 radical (unpaired) electrons. The molecule has 0 aliphatic heterocycles. The first-order valence-corrected chi connectivity index (χ1v) is 9.99. The fourth-order valence-corrected chi connectivity index (χ4v) is 6.03. The van der Waals surface area contributed by atoms with Crippen LogP contribution >= 0.6 is 0 Å². The summed E-state index contributed by atoms with van der Waals surface area (Å²) in [5.41, 5.74) is 0.326. The standard InChI is InChI=1S/C14H23NO5SSi/c1-6-7-14(22(18-3,19-4)20-5)15-21(16,17)13-10-8-12(2)9-11-13/h6,8-11,14-15H,1,7H2,2-5H3. The van der Waals surface area contributed by atoms with E-state index in [9.17, 15) is 8.42 Å². The molecule has 1 N–H and O–H groups in total. The highest BCUT2D eigenvalue weighted by atomic mass is 32.2. The average molecular weight is 345 g/mol. The lowest BCUT2D eigenvalue weighted by atomic mass is 10.2. The van der Waals surface area contributed by atoms with Crippen LogP contribution in [0.2, 0.25) is 0 Å². The van der Waals surface area contributed by atoms with E-state index in [1.165, 1.54) is 21.3 Å². The number of aryl methyl sites for hydroxylation is 1. The van der Waals surface area contributed by atoms with Gasteiger partial charge in [-0.2, -0.15) is 0 Å². The number of hydrogen-bond donors (Lipinski definition) is 1. The Bertz CT molecular complexity index is 575. The normalized spacial score (nSPS) is 13.8. The molecule has 124 valence electrons. The van der Waals surface area contributed by atoms with Crippen LogP contribution in [0.25, 0.3) is 0 Å². The number of rotatable bonds is 9. The number of benzene rings is 1. The van der Waals surface area contributed by atoms with Gasteiger partial charge in [-0.1, -0.05) is 23.8 Å². The lowest BCUT2D eigenvalue weighted by molar-refractivity contribution is 0.111. The van der Waals surface area contributed by atoms with Crippen molar-refractivity contribution in [3.63, 3.8) is 0 Å². The first-order valence-electron chi connectivity index (χ1n) is 6.70. The van der Waals surface area contributed by atoms with E-state index in [-0.39, 0.29) is 4.90 Å². The number of hydrogen-bond acceptors (Lipinski definition) is 5. The monoisotopic (exact) mass is 345 g/mol. The van der Waals surface area contributed by atoms with Crippen LogP contribution in [0.1, 0.15) is 12.0 Å². The molecule has 6 nitrogen and oxygen atoms in total. The summed E-state index contributed by atoms with van der Waals surface area (Å²) in [7, 11) is -2.58. The van der Waals surface area contributed by atoms with E-state index in [1.54, 1.807) is 30.3 Å². The molecule has 0 saturated carbocycles. The maximum atomic E-state index is 12.5. The minimum Gasteiger partial charge on any atom is -0.376 e. The van der Waals surface area contributed by atoms with E-state index >= 15 is 0 Å². The Morgan fingerprint density at radius 1 is 1.18 bits per heavy atom. The molecule has 0 aromatic heterocycles. The van der Waals surface area contributed by atoms with Crippen molar-refractivity contribution in [1.82, 2.24) is 4.72 Å². The smallest absolute Gasteiger partial charge is 0.376 e. The van der Waals surface area contributed by atoms with Crippen molar-refractivity contribution >= 4 is 18.8 Å². The van der Waals surface area contributed by atoms with E-state index < -0.39 is 24.5 Å². The lowest BCUT2D eigenvalue weighted by Crippen LogP contribution is -2.61. The third-order valence-electron chi connectivity index (χ3n) is 3.31. The van der Waals surface area contributed by atoms with Gasteiger partial charge in [0.2, 0.25) is 10.0 Å². The molecule has 0 spiro atoms. The molecule has 0 bridgehead atoms. The van der Waals surface area contributed by atoms with E-state index in [1.807, 2.05) is 6.92 Å². The molecule has 0 aliphatic carbocycles. The Labute approximate surface area is 133 Å². The summed E-state index contributed by atoms with van der Waals surface area (Å²) in [5.74, 6) is 0. The van der Waals surface area contributed by atoms with Crippen LogP contribution < -0.4 is 4.72 Å². The Morgan fingerprint density at radius 2 is 1.68 bits per heavy atom. The number of nitrogens with one attached hydrogen (secondary N) is 1. The van der Waals surface area contributed by atoms with Crippen LogP contribution in [0.5, 0.6) is 0 Å². The molecule has 0 fully saturated rings. The highest BCUT2D eigenvalue weighted by molar-refractivity contribution is 7.89. The van der Waals surface area contributed by atoms with Gasteiger partial charge in [-0.25, -0.2) is 13.1 Å². The van der Waals surface area contributed by atoms with Crippen molar-refractivity contribution in [3.05, 3.63) is 42.5 Å². The van der Waals surface area contributed by atoms with Gasteiger partial charge in [0.1, 0.15) is 0 Å². The van der Waals surface area contributed by atoms with Gasteiger partial charge in [-0.3, -0.25) is 0 Å².